The molecular weight excluding hydrogens is 670 g/mol. The summed E-state index contributed by atoms with van der Waals surface area (Å²) in [5, 5.41) is 2.29. The van der Waals surface area contributed by atoms with Crippen molar-refractivity contribution in [3.8, 4) is 22.6 Å². The van der Waals surface area contributed by atoms with Gasteiger partial charge in [-0.3, -0.25) is 0 Å². The van der Waals surface area contributed by atoms with E-state index < -0.39 is 0 Å². The third-order valence-corrected chi connectivity index (χ3v) is 14.9. The molecule has 0 aliphatic rings. The van der Waals surface area contributed by atoms with E-state index in [2.05, 4.69) is 154 Å². The monoisotopic (exact) mass is 738 g/mol. The van der Waals surface area contributed by atoms with E-state index >= 15 is 0 Å². The molecule has 0 bridgehead atoms. The predicted octanol–water partition coefficient (Wildman–Crippen LogP) is 14.1. The average molecular weight is 739 g/mol. The maximum atomic E-state index is 7.01. The third-order valence-electron chi connectivity index (χ3n) is 11.1. The van der Waals surface area contributed by atoms with Crippen LogP contribution < -0.4 is 20.1 Å². The van der Waals surface area contributed by atoms with Crippen LogP contribution in [0.5, 0.6) is 11.5 Å². The largest absolute Gasteiger partial charge is 0.483 e. The van der Waals surface area contributed by atoms with Gasteiger partial charge in [0.25, 0.3) is 0 Å². The van der Waals surface area contributed by atoms with Crippen LogP contribution in [0.3, 0.4) is 0 Å². The average Bonchev–Trinajstić information content (AvgIpc) is 3.18. The van der Waals surface area contributed by atoms with Crippen molar-refractivity contribution in [1.82, 2.24) is 0 Å². The number of hydrogen-bond acceptors (Lipinski definition) is 2. The molecule has 0 N–H and O–H groups in total. The van der Waals surface area contributed by atoms with E-state index in [0.717, 1.165) is 50.0 Å². The first-order chi connectivity index (χ1) is 25.1. The molecule has 0 saturated carbocycles. The van der Waals surface area contributed by atoms with Crippen molar-refractivity contribution in [2.45, 2.75) is 156 Å². The Labute approximate surface area is 321 Å². The summed E-state index contributed by atoms with van der Waals surface area (Å²) in [6.45, 7) is 22.8. The van der Waals surface area contributed by atoms with E-state index in [-0.39, 0.29) is 10.7 Å². The molecule has 0 amide bonds. The highest BCUT2D eigenvalue weighted by molar-refractivity contribution is 7.49. The minimum Gasteiger partial charge on any atom is -0.483 e. The molecule has 0 fully saturated rings. The van der Waals surface area contributed by atoms with Crippen LogP contribution in [0.15, 0.2) is 84.9 Å². The van der Waals surface area contributed by atoms with Gasteiger partial charge in [-0.1, -0.05) is 161 Å². The summed E-state index contributed by atoms with van der Waals surface area (Å²) < 4.78 is 13.9. The van der Waals surface area contributed by atoms with Crippen molar-refractivity contribution in [2.75, 3.05) is 0 Å². The van der Waals surface area contributed by atoms with Crippen LogP contribution in [0.25, 0.3) is 11.1 Å². The zero-order chi connectivity index (χ0) is 37.7. The highest BCUT2D eigenvalue weighted by Crippen LogP contribution is 2.43. The molecule has 0 heterocycles. The van der Waals surface area contributed by atoms with Crippen LogP contribution in [0.1, 0.15) is 155 Å². The Morgan fingerprint density at radius 1 is 0.519 bits per heavy atom. The fourth-order valence-electron chi connectivity index (χ4n) is 7.12. The molecule has 0 spiro atoms. The van der Waals surface area contributed by atoms with Gasteiger partial charge in [-0.2, -0.15) is 0 Å². The molecule has 0 radical (unpaired) electrons. The first-order valence-corrected chi connectivity index (χ1v) is 22.5. The van der Waals surface area contributed by atoms with E-state index in [9.17, 15) is 0 Å². The van der Waals surface area contributed by atoms with Gasteiger partial charge in [0.05, 0.1) is 0 Å². The molecule has 2 nitrogen and oxygen atoms in total. The summed E-state index contributed by atoms with van der Waals surface area (Å²) in [7, 11) is 1.15. The SMILES string of the molecule is CCCCCC(C)c1ccc(OC(CC)(CC)Pc2ccc(-c3ccc(PC(CC)(CC)Oc4ccc(C(C)C)cc4CC)cc3)cc2)c(CC)c1. The number of ether oxygens (including phenoxy) is 2. The number of rotatable bonds is 21. The number of hydrogen-bond donors (Lipinski definition) is 0. The van der Waals surface area contributed by atoms with Crippen LogP contribution in [-0.2, 0) is 12.8 Å². The predicted molar refractivity (Wildman–Crippen MR) is 234 cm³/mol. The van der Waals surface area contributed by atoms with E-state index in [0.29, 0.717) is 29.0 Å². The summed E-state index contributed by atoms with van der Waals surface area (Å²) in [6, 6.07) is 32.2. The van der Waals surface area contributed by atoms with Crippen LogP contribution in [-0.4, -0.2) is 10.7 Å². The normalized spacial score (nSPS) is 13.1. The van der Waals surface area contributed by atoms with Crippen LogP contribution >= 0.6 is 17.2 Å². The van der Waals surface area contributed by atoms with Crippen LogP contribution in [0.2, 0.25) is 0 Å². The second-order valence-electron chi connectivity index (χ2n) is 15.0. The molecule has 52 heavy (non-hydrogen) atoms. The van der Waals surface area contributed by atoms with Crippen molar-refractivity contribution in [3.05, 3.63) is 107 Å². The molecule has 4 aromatic rings. The van der Waals surface area contributed by atoms with Gasteiger partial charge in [-0.05, 0) is 130 Å². The zero-order valence-electron chi connectivity index (χ0n) is 34.1. The van der Waals surface area contributed by atoms with Crippen molar-refractivity contribution in [1.29, 1.82) is 0 Å². The third kappa shape index (κ3) is 11.0. The molecule has 0 aliphatic heterocycles. The smallest absolute Gasteiger partial charge is 0.128 e. The van der Waals surface area contributed by atoms with Crippen molar-refractivity contribution < 1.29 is 9.47 Å². The van der Waals surface area contributed by atoms with E-state index in [1.54, 1.807) is 0 Å². The summed E-state index contributed by atoms with van der Waals surface area (Å²) >= 11 is 0. The standard InChI is InChI=1S/C48H68O2P2/c1-11-18-19-20-36(10)42-26-32-46(38(13-3)34-42)50-48(16-6,17-7)52-44-29-23-40(24-30-44)39-21-27-43(28-22-39)51-47(14-4,15-5)49-45-31-25-41(35(8)9)33-37(45)12-2/h21-36,51-52H,11-20H2,1-10H3. The van der Waals surface area contributed by atoms with Crippen molar-refractivity contribution in [3.63, 3.8) is 0 Å². The second kappa shape index (κ2) is 20.1. The Morgan fingerprint density at radius 3 is 1.33 bits per heavy atom. The summed E-state index contributed by atoms with van der Waals surface area (Å²) in [6.07, 6.45) is 11.0. The van der Waals surface area contributed by atoms with Crippen molar-refractivity contribution >= 4 is 27.8 Å². The number of unbranched alkanes of at least 4 members (excludes halogenated alkanes) is 2. The molecule has 3 unspecified atom stereocenters. The second-order valence-corrected chi connectivity index (χ2v) is 18.5. The fraction of sp³-hybridized carbons (Fsp3) is 0.500. The Kier molecular flexibility index (Phi) is 16.3. The first-order valence-electron chi connectivity index (χ1n) is 20.5. The van der Waals surface area contributed by atoms with Gasteiger partial charge in [-0.15, -0.1) is 0 Å². The van der Waals surface area contributed by atoms with Gasteiger partial charge in [0.15, 0.2) is 0 Å². The Hall–Kier alpha value is -2.66. The topological polar surface area (TPSA) is 18.5 Å². The maximum Gasteiger partial charge on any atom is 0.128 e. The highest BCUT2D eigenvalue weighted by atomic mass is 31.1. The minimum absolute atomic E-state index is 0.201. The Bertz CT molecular complexity index is 1650. The molecule has 4 heteroatoms. The molecular formula is C48H68O2P2. The lowest BCUT2D eigenvalue weighted by molar-refractivity contribution is 0.152. The molecule has 282 valence electrons. The summed E-state index contributed by atoms with van der Waals surface area (Å²) in [5.74, 6) is 3.22. The lowest BCUT2D eigenvalue weighted by Crippen LogP contribution is -2.32. The lowest BCUT2D eigenvalue weighted by atomic mass is 9.93. The maximum absolute atomic E-state index is 7.01. The zero-order valence-corrected chi connectivity index (χ0v) is 36.1. The van der Waals surface area contributed by atoms with Gasteiger partial charge < -0.3 is 9.47 Å². The van der Waals surface area contributed by atoms with Gasteiger partial charge in [0.2, 0.25) is 0 Å². The Balaban J connectivity index is 1.45. The van der Waals surface area contributed by atoms with Crippen molar-refractivity contribution in [2.24, 2.45) is 0 Å². The number of aryl methyl sites for hydroxylation is 2. The van der Waals surface area contributed by atoms with E-state index in [4.69, 9.17) is 9.47 Å². The van der Waals surface area contributed by atoms with Gasteiger partial charge >= 0.3 is 0 Å². The van der Waals surface area contributed by atoms with Gasteiger partial charge in [0, 0.05) is 0 Å². The van der Waals surface area contributed by atoms with Crippen LogP contribution in [0.4, 0.5) is 0 Å². The molecule has 0 aliphatic carbocycles. The van der Waals surface area contributed by atoms with Crippen LogP contribution in [0, 0.1) is 0 Å². The quantitative estimate of drug-likeness (QED) is 0.0626. The highest BCUT2D eigenvalue weighted by Gasteiger charge is 2.31. The van der Waals surface area contributed by atoms with Gasteiger partial charge in [0.1, 0.15) is 22.2 Å². The molecule has 4 aromatic carbocycles. The Morgan fingerprint density at radius 2 is 0.942 bits per heavy atom. The molecule has 0 saturated heterocycles. The summed E-state index contributed by atoms with van der Waals surface area (Å²) in [5.41, 5.74) is 7.99. The lowest BCUT2D eigenvalue weighted by Gasteiger charge is -2.34. The fourth-order valence-corrected chi connectivity index (χ4v) is 9.86. The first kappa shape index (κ1) is 42.1. The molecule has 0 aromatic heterocycles. The van der Waals surface area contributed by atoms with E-state index in [1.807, 2.05) is 0 Å². The molecule has 3 atom stereocenters. The molecule has 4 rings (SSSR count). The van der Waals surface area contributed by atoms with Gasteiger partial charge in [-0.25, -0.2) is 0 Å². The van der Waals surface area contributed by atoms with E-state index in [1.165, 1.54) is 69.7 Å². The number of benzene rings is 4. The summed E-state index contributed by atoms with van der Waals surface area (Å²) in [4.78, 5) is 0. The minimum atomic E-state index is -0.205.